The number of amides is 1. The van der Waals surface area contributed by atoms with Crippen molar-refractivity contribution in [3.8, 4) is 0 Å². The molecular formula is C16H25BrClN3O. The summed E-state index contributed by atoms with van der Waals surface area (Å²) in [7, 11) is 0. The molecule has 1 fully saturated rings. The van der Waals surface area contributed by atoms with E-state index in [0.29, 0.717) is 13.1 Å². The first kappa shape index (κ1) is 19.4. The second kappa shape index (κ2) is 8.29. The van der Waals surface area contributed by atoms with Crippen LogP contribution in [-0.2, 0) is 4.79 Å². The number of halogens is 2. The number of benzene rings is 1. The van der Waals surface area contributed by atoms with Crippen molar-refractivity contribution in [2.24, 2.45) is 11.1 Å². The summed E-state index contributed by atoms with van der Waals surface area (Å²) >= 11 is 3.42. The lowest BCUT2D eigenvalue weighted by molar-refractivity contribution is -0.122. The molecule has 0 radical (unpaired) electrons. The van der Waals surface area contributed by atoms with Crippen molar-refractivity contribution in [3.63, 3.8) is 0 Å². The zero-order valence-corrected chi connectivity index (χ0v) is 15.5. The molecule has 1 heterocycles. The fourth-order valence-electron chi connectivity index (χ4n) is 2.75. The Kier molecular flexibility index (Phi) is 7.32. The summed E-state index contributed by atoms with van der Waals surface area (Å²) in [5.74, 6) is 0.0756. The molecular weight excluding hydrogens is 366 g/mol. The topological polar surface area (TPSA) is 58.4 Å². The molecule has 2 unspecified atom stereocenters. The van der Waals surface area contributed by atoms with Crippen LogP contribution in [0.4, 0.5) is 0 Å². The zero-order valence-electron chi connectivity index (χ0n) is 13.1. The van der Waals surface area contributed by atoms with E-state index in [1.54, 1.807) is 0 Å². The molecule has 1 aliphatic rings. The van der Waals surface area contributed by atoms with Crippen molar-refractivity contribution in [1.82, 2.24) is 10.2 Å². The minimum Gasteiger partial charge on any atom is -0.348 e. The van der Waals surface area contributed by atoms with E-state index in [2.05, 4.69) is 33.1 Å². The number of hydrogen-bond acceptors (Lipinski definition) is 3. The molecule has 1 aromatic carbocycles. The van der Waals surface area contributed by atoms with E-state index in [1.807, 2.05) is 31.2 Å². The number of rotatable bonds is 5. The molecule has 2 atom stereocenters. The van der Waals surface area contributed by atoms with Crippen molar-refractivity contribution in [2.45, 2.75) is 26.3 Å². The van der Waals surface area contributed by atoms with Gasteiger partial charge in [0.2, 0.25) is 5.91 Å². The van der Waals surface area contributed by atoms with Gasteiger partial charge in [0, 0.05) is 11.0 Å². The van der Waals surface area contributed by atoms with Crippen LogP contribution < -0.4 is 11.1 Å². The second-order valence-corrected chi connectivity index (χ2v) is 7.23. The average Bonchev–Trinajstić information content (AvgIpc) is 2.81. The lowest BCUT2D eigenvalue weighted by atomic mass is 9.90. The van der Waals surface area contributed by atoms with Crippen molar-refractivity contribution in [3.05, 3.63) is 34.3 Å². The molecule has 124 valence electrons. The summed E-state index contributed by atoms with van der Waals surface area (Å²) in [6, 6.07) is 8.05. The van der Waals surface area contributed by atoms with E-state index in [4.69, 9.17) is 5.73 Å². The molecule has 0 spiro atoms. The highest BCUT2D eigenvalue weighted by atomic mass is 79.9. The normalized spacial score (nSPS) is 22.9. The predicted molar refractivity (Wildman–Crippen MR) is 96.2 cm³/mol. The van der Waals surface area contributed by atoms with Gasteiger partial charge in [0.1, 0.15) is 0 Å². The zero-order chi connectivity index (χ0) is 15.5. The summed E-state index contributed by atoms with van der Waals surface area (Å²) in [6.07, 6.45) is 1.07. The van der Waals surface area contributed by atoms with Crippen LogP contribution in [0.3, 0.4) is 0 Å². The molecule has 1 amide bonds. The summed E-state index contributed by atoms with van der Waals surface area (Å²) in [6.45, 7) is 7.19. The van der Waals surface area contributed by atoms with E-state index < -0.39 is 0 Å². The summed E-state index contributed by atoms with van der Waals surface area (Å²) in [5, 5.41) is 3.06. The average molecular weight is 391 g/mol. The highest BCUT2D eigenvalue weighted by Gasteiger charge is 2.33. The Labute approximate surface area is 147 Å². The minimum absolute atomic E-state index is 0. The second-order valence-electron chi connectivity index (χ2n) is 6.32. The van der Waals surface area contributed by atoms with Crippen LogP contribution in [0.1, 0.15) is 31.9 Å². The van der Waals surface area contributed by atoms with Crippen molar-refractivity contribution in [1.29, 1.82) is 0 Å². The van der Waals surface area contributed by atoms with Crippen molar-refractivity contribution < 1.29 is 4.79 Å². The van der Waals surface area contributed by atoms with Gasteiger partial charge in [-0.05, 0) is 49.5 Å². The lowest BCUT2D eigenvalue weighted by Crippen LogP contribution is -2.39. The van der Waals surface area contributed by atoms with Gasteiger partial charge in [-0.2, -0.15) is 0 Å². The van der Waals surface area contributed by atoms with Crippen LogP contribution in [0.5, 0.6) is 0 Å². The van der Waals surface area contributed by atoms with Crippen molar-refractivity contribution in [2.75, 3.05) is 26.2 Å². The molecule has 1 aliphatic heterocycles. The maximum atomic E-state index is 12.2. The number of carbonyl (C=O) groups is 1. The van der Waals surface area contributed by atoms with Crippen LogP contribution >= 0.6 is 28.3 Å². The third-order valence-corrected chi connectivity index (χ3v) is 4.77. The molecule has 3 N–H and O–H groups in total. The Morgan fingerprint density at radius 2 is 2.09 bits per heavy atom. The fraction of sp³-hybridized carbons (Fsp3) is 0.562. The van der Waals surface area contributed by atoms with Crippen LogP contribution in [0.25, 0.3) is 0 Å². The summed E-state index contributed by atoms with van der Waals surface area (Å²) in [5.41, 5.74) is 7.07. The summed E-state index contributed by atoms with van der Waals surface area (Å²) < 4.78 is 1.04. The number of nitrogens with zero attached hydrogens (tertiary/aromatic N) is 1. The first-order valence-corrected chi connectivity index (χ1v) is 8.18. The number of carbonyl (C=O) groups excluding carboxylic acids is 1. The van der Waals surface area contributed by atoms with Gasteiger partial charge in [-0.3, -0.25) is 9.69 Å². The highest BCUT2D eigenvalue weighted by Crippen LogP contribution is 2.28. The maximum Gasteiger partial charge on any atom is 0.234 e. The fourth-order valence-corrected chi connectivity index (χ4v) is 3.02. The molecule has 4 nitrogen and oxygen atoms in total. The third-order valence-electron chi connectivity index (χ3n) is 4.24. The molecule has 0 aliphatic carbocycles. The van der Waals surface area contributed by atoms with E-state index in [9.17, 15) is 4.79 Å². The van der Waals surface area contributed by atoms with Gasteiger partial charge in [0.25, 0.3) is 0 Å². The molecule has 0 bridgehead atoms. The van der Waals surface area contributed by atoms with E-state index in [0.717, 1.165) is 29.5 Å². The van der Waals surface area contributed by atoms with Gasteiger partial charge in [-0.15, -0.1) is 12.4 Å². The van der Waals surface area contributed by atoms with Crippen LogP contribution in [0, 0.1) is 5.41 Å². The number of likely N-dealkylation sites (tertiary alicyclic amines) is 1. The van der Waals surface area contributed by atoms with E-state index >= 15 is 0 Å². The number of nitrogens with one attached hydrogen (secondary N) is 1. The standard InChI is InChI=1S/C16H24BrN3O.ClH/c1-12(13-3-5-14(17)6-4-13)19-15(21)9-20-8-7-16(2,10-18)11-20;/h3-6,12H,7-11,18H2,1-2H3,(H,19,21);1H. The van der Waals surface area contributed by atoms with Gasteiger partial charge < -0.3 is 11.1 Å². The van der Waals surface area contributed by atoms with Crippen LogP contribution in [0.15, 0.2) is 28.7 Å². The van der Waals surface area contributed by atoms with Gasteiger partial charge in [0.05, 0.1) is 12.6 Å². The first-order valence-electron chi connectivity index (χ1n) is 7.39. The molecule has 6 heteroatoms. The Hall–Kier alpha value is -0.620. The SMILES string of the molecule is CC(NC(=O)CN1CCC(C)(CN)C1)c1ccc(Br)cc1.Cl. The maximum absolute atomic E-state index is 12.2. The van der Waals surface area contributed by atoms with Gasteiger partial charge >= 0.3 is 0 Å². The lowest BCUT2D eigenvalue weighted by Gasteiger charge is -2.23. The Morgan fingerprint density at radius 1 is 1.45 bits per heavy atom. The van der Waals surface area contributed by atoms with Gasteiger partial charge in [-0.25, -0.2) is 0 Å². The minimum atomic E-state index is 0. The molecule has 1 saturated heterocycles. The number of hydrogen-bond donors (Lipinski definition) is 2. The largest absolute Gasteiger partial charge is 0.348 e. The van der Waals surface area contributed by atoms with Crippen molar-refractivity contribution >= 4 is 34.2 Å². The smallest absolute Gasteiger partial charge is 0.234 e. The quantitative estimate of drug-likeness (QED) is 0.813. The molecule has 2 rings (SSSR count). The molecule has 0 saturated carbocycles. The summed E-state index contributed by atoms with van der Waals surface area (Å²) in [4.78, 5) is 14.3. The highest BCUT2D eigenvalue weighted by molar-refractivity contribution is 9.10. The molecule has 1 aromatic rings. The van der Waals surface area contributed by atoms with Gasteiger partial charge in [0.15, 0.2) is 0 Å². The predicted octanol–water partition coefficient (Wildman–Crippen LogP) is 2.72. The Bertz CT molecular complexity index is 497. The third kappa shape index (κ3) is 5.23. The van der Waals surface area contributed by atoms with Crippen LogP contribution in [0.2, 0.25) is 0 Å². The molecule has 22 heavy (non-hydrogen) atoms. The Morgan fingerprint density at radius 3 is 2.64 bits per heavy atom. The first-order chi connectivity index (χ1) is 9.92. The van der Waals surface area contributed by atoms with Gasteiger partial charge in [-0.1, -0.05) is 35.0 Å². The van der Waals surface area contributed by atoms with E-state index in [-0.39, 0.29) is 29.8 Å². The monoisotopic (exact) mass is 389 g/mol. The van der Waals surface area contributed by atoms with Crippen LogP contribution in [-0.4, -0.2) is 37.0 Å². The Balaban J connectivity index is 0.00000242. The van der Waals surface area contributed by atoms with E-state index in [1.165, 1.54) is 0 Å². The molecule has 0 aromatic heterocycles. The number of nitrogens with two attached hydrogens (primary N) is 1.